The number of anilines is 1. The van der Waals surface area contributed by atoms with Crippen LogP contribution in [0.5, 0.6) is 17.2 Å². The highest BCUT2D eigenvalue weighted by molar-refractivity contribution is 5.96. The van der Waals surface area contributed by atoms with E-state index in [2.05, 4.69) is 69.0 Å². The zero-order valence-electron chi connectivity index (χ0n) is 27.5. The predicted octanol–water partition coefficient (Wildman–Crippen LogP) is 5.20. The second-order valence-electron chi connectivity index (χ2n) is 12.7. The number of carbonyl (C=O) groups excluding carboxylic acids is 1. The lowest BCUT2D eigenvalue weighted by Crippen LogP contribution is -2.39. The molecule has 0 aliphatic carbocycles. The van der Waals surface area contributed by atoms with E-state index in [4.69, 9.17) is 23.9 Å². The first-order chi connectivity index (χ1) is 23.1. The van der Waals surface area contributed by atoms with E-state index in [1.165, 1.54) is 5.56 Å². The summed E-state index contributed by atoms with van der Waals surface area (Å²) in [5.74, 6) is 2.68. The van der Waals surface area contributed by atoms with Crippen molar-refractivity contribution in [3.8, 4) is 17.2 Å². The molecule has 0 bridgehead atoms. The van der Waals surface area contributed by atoms with Gasteiger partial charge in [0.1, 0.15) is 0 Å². The monoisotopic (exact) mass is 639 g/mol. The fourth-order valence-corrected chi connectivity index (χ4v) is 7.45. The SMILES string of the molecule is CCOCCn1c(N2CCCN(CCC3(c4ccccc4)CCN(C(=O)c4cc(OC)c5c(c4)OCO5)C3)CC2)nc2ccccc21. The number of ether oxygens (including phenoxy) is 4. The topological polar surface area (TPSA) is 81.5 Å². The van der Waals surface area contributed by atoms with E-state index < -0.39 is 0 Å². The Balaban J connectivity index is 1.05. The van der Waals surface area contributed by atoms with Crippen molar-refractivity contribution in [1.82, 2.24) is 19.4 Å². The summed E-state index contributed by atoms with van der Waals surface area (Å²) in [5, 5.41) is 0. The van der Waals surface area contributed by atoms with E-state index in [1.807, 2.05) is 11.8 Å². The largest absolute Gasteiger partial charge is 0.493 e. The van der Waals surface area contributed by atoms with Gasteiger partial charge in [0.25, 0.3) is 5.91 Å². The van der Waals surface area contributed by atoms with E-state index in [9.17, 15) is 4.79 Å². The molecule has 0 spiro atoms. The lowest BCUT2D eigenvalue weighted by atomic mass is 9.76. The molecule has 10 nitrogen and oxygen atoms in total. The highest BCUT2D eigenvalue weighted by Gasteiger charge is 2.42. The number of para-hydroxylation sites is 2. The molecule has 1 atom stereocenters. The Hall–Kier alpha value is -4.28. The average Bonchev–Trinajstić information content (AvgIpc) is 3.82. The number of nitrogens with zero attached hydrogens (tertiary/aromatic N) is 5. The van der Waals surface area contributed by atoms with Gasteiger partial charge in [-0.15, -0.1) is 0 Å². The molecule has 47 heavy (non-hydrogen) atoms. The first kappa shape index (κ1) is 31.3. The molecule has 0 N–H and O–H groups in total. The number of benzene rings is 3. The molecule has 1 unspecified atom stereocenters. The van der Waals surface area contributed by atoms with E-state index >= 15 is 0 Å². The summed E-state index contributed by atoms with van der Waals surface area (Å²) >= 11 is 0. The van der Waals surface area contributed by atoms with Crippen molar-refractivity contribution in [3.63, 3.8) is 0 Å². The van der Waals surface area contributed by atoms with Crippen LogP contribution in [0.15, 0.2) is 66.7 Å². The summed E-state index contributed by atoms with van der Waals surface area (Å²) < 4.78 is 24.7. The minimum Gasteiger partial charge on any atom is -0.493 e. The zero-order valence-corrected chi connectivity index (χ0v) is 27.5. The summed E-state index contributed by atoms with van der Waals surface area (Å²) in [7, 11) is 1.59. The number of imidazole rings is 1. The van der Waals surface area contributed by atoms with Crippen molar-refractivity contribution in [1.29, 1.82) is 0 Å². The van der Waals surface area contributed by atoms with Crippen LogP contribution >= 0.6 is 0 Å². The van der Waals surface area contributed by atoms with E-state index in [1.54, 1.807) is 19.2 Å². The highest BCUT2D eigenvalue weighted by Crippen LogP contribution is 2.43. The van der Waals surface area contributed by atoms with Gasteiger partial charge in [-0.3, -0.25) is 4.79 Å². The third kappa shape index (κ3) is 6.36. The van der Waals surface area contributed by atoms with Gasteiger partial charge in [0.05, 0.1) is 24.8 Å². The maximum atomic E-state index is 13.9. The lowest BCUT2D eigenvalue weighted by molar-refractivity contribution is 0.0780. The molecule has 10 heteroatoms. The fraction of sp³-hybridized carbons (Fsp3) is 0.459. The van der Waals surface area contributed by atoms with Crippen LogP contribution in [0.2, 0.25) is 0 Å². The van der Waals surface area contributed by atoms with Crippen molar-refractivity contribution in [3.05, 3.63) is 77.9 Å². The van der Waals surface area contributed by atoms with Gasteiger partial charge in [0.2, 0.25) is 18.5 Å². The summed E-state index contributed by atoms with van der Waals surface area (Å²) in [5.41, 5.74) is 3.95. The molecule has 3 aromatic carbocycles. The van der Waals surface area contributed by atoms with E-state index in [-0.39, 0.29) is 18.1 Å². The standard InChI is InChI=1S/C37H45N5O5/c1-3-45-23-22-42-31-13-8-7-12-30(31)38-36(42)40-17-9-16-39(20-21-40)18-14-37(29-10-5-4-6-11-29)15-19-41(26-37)35(43)28-24-32(44-2)34-33(25-28)46-27-47-34/h4-8,10-13,24-25H,3,9,14-23,26-27H2,1-2H3. The van der Waals surface area contributed by atoms with Crippen LogP contribution in [-0.4, -0.2) is 98.2 Å². The molecule has 0 radical (unpaired) electrons. The van der Waals surface area contributed by atoms with Crippen LogP contribution in [0.3, 0.4) is 0 Å². The molecule has 4 heterocycles. The van der Waals surface area contributed by atoms with E-state index in [0.717, 1.165) is 75.5 Å². The minimum atomic E-state index is -0.114. The molecule has 2 saturated heterocycles. The number of hydrogen-bond acceptors (Lipinski definition) is 8. The number of likely N-dealkylation sites (tertiary alicyclic amines) is 1. The Morgan fingerprint density at radius 2 is 1.81 bits per heavy atom. The quantitative estimate of drug-likeness (QED) is 0.207. The first-order valence-electron chi connectivity index (χ1n) is 16.9. The molecule has 2 fully saturated rings. The molecular weight excluding hydrogens is 594 g/mol. The van der Waals surface area contributed by atoms with Crippen molar-refractivity contribution in [2.45, 2.75) is 38.1 Å². The smallest absolute Gasteiger partial charge is 0.254 e. The maximum Gasteiger partial charge on any atom is 0.254 e. The van der Waals surface area contributed by atoms with Crippen LogP contribution in [0.1, 0.15) is 42.1 Å². The average molecular weight is 640 g/mol. The maximum absolute atomic E-state index is 13.9. The van der Waals surface area contributed by atoms with Crippen molar-refractivity contribution < 1.29 is 23.7 Å². The molecule has 3 aliphatic rings. The summed E-state index contributed by atoms with van der Waals surface area (Å²) in [6.07, 6.45) is 2.98. The minimum absolute atomic E-state index is 0.00274. The lowest BCUT2D eigenvalue weighted by Gasteiger charge is -2.33. The third-order valence-electron chi connectivity index (χ3n) is 10.0. The molecule has 1 aromatic heterocycles. The Labute approximate surface area is 276 Å². The summed E-state index contributed by atoms with van der Waals surface area (Å²) in [6, 6.07) is 22.7. The van der Waals surface area contributed by atoms with Crippen LogP contribution < -0.4 is 19.1 Å². The predicted molar refractivity (Wildman–Crippen MR) is 182 cm³/mol. The number of amides is 1. The van der Waals surface area contributed by atoms with Gasteiger partial charge >= 0.3 is 0 Å². The Kier molecular flexibility index (Phi) is 9.22. The number of fused-ring (bicyclic) bond motifs is 2. The Morgan fingerprint density at radius 1 is 0.957 bits per heavy atom. The molecule has 0 saturated carbocycles. The molecule has 4 aromatic rings. The van der Waals surface area contributed by atoms with Crippen LogP contribution in [0.25, 0.3) is 11.0 Å². The Morgan fingerprint density at radius 3 is 2.66 bits per heavy atom. The number of rotatable bonds is 11. The third-order valence-corrected chi connectivity index (χ3v) is 10.0. The number of aromatic nitrogens is 2. The first-order valence-corrected chi connectivity index (χ1v) is 16.9. The van der Waals surface area contributed by atoms with Crippen molar-refractivity contribution >= 4 is 22.9 Å². The van der Waals surface area contributed by atoms with E-state index in [0.29, 0.717) is 49.1 Å². The highest BCUT2D eigenvalue weighted by atomic mass is 16.7. The van der Waals surface area contributed by atoms with Crippen molar-refractivity contribution in [2.24, 2.45) is 0 Å². The van der Waals surface area contributed by atoms with Crippen LogP contribution in [0.4, 0.5) is 5.95 Å². The molecule has 7 rings (SSSR count). The van der Waals surface area contributed by atoms with Gasteiger partial charge in [0.15, 0.2) is 11.5 Å². The molecule has 3 aliphatic heterocycles. The molecule has 1 amide bonds. The van der Waals surface area contributed by atoms with Gasteiger partial charge in [-0.1, -0.05) is 42.5 Å². The van der Waals surface area contributed by atoms with Gasteiger partial charge in [-0.05, 0) is 69.1 Å². The van der Waals surface area contributed by atoms with Crippen molar-refractivity contribution in [2.75, 3.05) is 77.8 Å². The zero-order chi connectivity index (χ0) is 32.2. The molecule has 248 valence electrons. The normalized spacial score (nSPS) is 19.8. The fourth-order valence-electron chi connectivity index (χ4n) is 7.45. The Bertz CT molecular complexity index is 1690. The summed E-state index contributed by atoms with van der Waals surface area (Å²) in [4.78, 5) is 26.0. The van der Waals surface area contributed by atoms with Crippen LogP contribution in [0, 0.1) is 0 Å². The van der Waals surface area contributed by atoms with Gasteiger partial charge in [-0.2, -0.15) is 0 Å². The number of carbonyl (C=O) groups is 1. The second-order valence-corrected chi connectivity index (χ2v) is 12.7. The molecular formula is C37H45N5O5. The van der Waals surface area contributed by atoms with Gasteiger partial charge < -0.3 is 38.2 Å². The number of hydrogen-bond donors (Lipinski definition) is 0. The van der Waals surface area contributed by atoms with Crippen LogP contribution in [-0.2, 0) is 16.7 Å². The second kappa shape index (κ2) is 13.8. The summed E-state index contributed by atoms with van der Waals surface area (Å²) in [6.45, 7) is 10.6. The van der Waals surface area contributed by atoms with Gasteiger partial charge in [-0.25, -0.2) is 4.98 Å². The van der Waals surface area contributed by atoms with Gasteiger partial charge in [0, 0.05) is 56.9 Å². The number of methoxy groups -OCH3 is 1.